The minimum Gasteiger partial charge on any atom is -0.335 e. The summed E-state index contributed by atoms with van der Waals surface area (Å²) in [6, 6.07) is 1.55. The van der Waals surface area contributed by atoms with Crippen molar-refractivity contribution in [3.05, 3.63) is 27.1 Å². The van der Waals surface area contributed by atoms with Crippen molar-refractivity contribution >= 4 is 22.2 Å². The van der Waals surface area contributed by atoms with Crippen LogP contribution in [0.1, 0.15) is 37.9 Å². The monoisotopic (exact) mass is 283 g/mol. The molecular weight excluding hydrogens is 266 g/mol. The molecule has 1 amide bonds. The van der Waals surface area contributed by atoms with Crippen molar-refractivity contribution in [1.82, 2.24) is 10.2 Å². The van der Waals surface area contributed by atoms with Crippen molar-refractivity contribution in [2.75, 3.05) is 13.1 Å². The van der Waals surface area contributed by atoms with Crippen LogP contribution < -0.4 is 5.32 Å². The average molecular weight is 283 g/mol. The summed E-state index contributed by atoms with van der Waals surface area (Å²) < 4.78 is 0. The van der Waals surface area contributed by atoms with E-state index in [1.165, 1.54) is 0 Å². The zero-order valence-corrected chi connectivity index (χ0v) is 11.6. The first-order chi connectivity index (χ1) is 9.11. The Labute approximate surface area is 115 Å². The molecule has 1 aliphatic heterocycles. The Hall–Kier alpha value is -1.47. The van der Waals surface area contributed by atoms with Gasteiger partial charge in [-0.2, -0.15) is 0 Å². The lowest BCUT2D eigenvalue weighted by Gasteiger charge is -2.21. The number of carbonyl (C=O) groups excluding carboxylic acids is 1. The summed E-state index contributed by atoms with van der Waals surface area (Å²) in [6.07, 6.45) is 3.08. The molecule has 7 heteroatoms. The molecule has 0 bridgehead atoms. The smallest absolute Gasteiger partial charge is 0.324 e. The molecule has 6 nitrogen and oxygen atoms in total. The van der Waals surface area contributed by atoms with Gasteiger partial charge in [-0.1, -0.05) is 31.1 Å². The van der Waals surface area contributed by atoms with Gasteiger partial charge in [0.1, 0.15) is 6.17 Å². The van der Waals surface area contributed by atoms with Crippen LogP contribution in [0.3, 0.4) is 0 Å². The topological polar surface area (TPSA) is 75.5 Å². The van der Waals surface area contributed by atoms with Gasteiger partial charge >= 0.3 is 5.00 Å². The van der Waals surface area contributed by atoms with Gasteiger partial charge < -0.3 is 5.32 Å². The molecule has 1 unspecified atom stereocenters. The molecule has 1 N–H and O–H groups in total. The molecule has 0 spiro atoms. The van der Waals surface area contributed by atoms with Gasteiger partial charge in [0.05, 0.1) is 11.5 Å². The lowest BCUT2D eigenvalue weighted by molar-refractivity contribution is -0.380. The second-order valence-electron chi connectivity index (χ2n) is 4.62. The maximum atomic E-state index is 11.5. The van der Waals surface area contributed by atoms with Crippen LogP contribution in [0.2, 0.25) is 0 Å². The van der Waals surface area contributed by atoms with Crippen LogP contribution in [-0.4, -0.2) is 28.8 Å². The molecule has 104 valence electrons. The molecular formula is C12H17N3O3S. The third-order valence-electron chi connectivity index (χ3n) is 3.16. The largest absolute Gasteiger partial charge is 0.335 e. The Balaban J connectivity index is 2.06. The Morgan fingerprint density at radius 2 is 2.37 bits per heavy atom. The predicted octanol–water partition coefficient (Wildman–Crippen LogP) is 2.28. The molecule has 2 rings (SSSR count). The van der Waals surface area contributed by atoms with Crippen LogP contribution in [0.5, 0.6) is 0 Å². The van der Waals surface area contributed by atoms with Crippen LogP contribution in [0.25, 0.3) is 0 Å². The van der Waals surface area contributed by atoms with Crippen LogP contribution in [0.4, 0.5) is 5.00 Å². The first-order valence-corrected chi connectivity index (χ1v) is 7.26. The van der Waals surface area contributed by atoms with E-state index in [1.807, 2.05) is 4.90 Å². The van der Waals surface area contributed by atoms with Crippen molar-refractivity contribution in [3.63, 3.8) is 0 Å². The van der Waals surface area contributed by atoms with E-state index in [0.29, 0.717) is 6.54 Å². The van der Waals surface area contributed by atoms with Gasteiger partial charge in [-0.25, -0.2) is 0 Å². The summed E-state index contributed by atoms with van der Waals surface area (Å²) in [5, 5.41) is 15.4. The van der Waals surface area contributed by atoms with Gasteiger partial charge in [0.25, 0.3) is 0 Å². The SMILES string of the molecule is CCCCCN1CC(=O)NC1c1csc([N+](=O)[O-])c1. The highest BCUT2D eigenvalue weighted by atomic mass is 32.1. The molecule has 0 aromatic carbocycles. The number of unbranched alkanes of at least 4 members (excludes halogenated alkanes) is 2. The van der Waals surface area contributed by atoms with E-state index in [9.17, 15) is 14.9 Å². The Bertz CT molecular complexity index is 475. The molecule has 1 aromatic rings. The summed E-state index contributed by atoms with van der Waals surface area (Å²) >= 11 is 1.10. The average Bonchev–Trinajstić information content (AvgIpc) is 2.96. The van der Waals surface area contributed by atoms with Gasteiger partial charge in [0, 0.05) is 23.6 Å². The number of thiophene rings is 1. The first-order valence-electron chi connectivity index (χ1n) is 6.38. The molecule has 1 fully saturated rings. The molecule has 0 radical (unpaired) electrons. The zero-order valence-electron chi connectivity index (χ0n) is 10.8. The van der Waals surface area contributed by atoms with E-state index in [1.54, 1.807) is 11.4 Å². The van der Waals surface area contributed by atoms with Crippen molar-refractivity contribution < 1.29 is 9.72 Å². The number of nitro groups is 1. The molecule has 1 aliphatic rings. The minimum atomic E-state index is -0.396. The number of hydrogen-bond acceptors (Lipinski definition) is 5. The number of amides is 1. The number of rotatable bonds is 6. The number of nitrogens with one attached hydrogen (secondary N) is 1. The lowest BCUT2D eigenvalue weighted by atomic mass is 10.2. The number of hydrogen-bond donors (Lipinski definition) is 1. The Morgan fingerprint density at radius 1 is 1.58 bits per heavy atom. The van der Waals surface area contributed by atoms with Crippen molar-refractivity contribution in [1.29, 1.82) is 0 Å². The normalized spacial score (nSPS) is 19.6. The predicted molar refractivity (Wildman–Crippen MR) is 73.0 cm³/mol. The van der Waals surface area contributed by atoms with Crippen LogP contribution in [0.15, 0.2) is 11.4 Å². The molecule has 19 heavy (non-hydrogen) atoms. The maximum absolute atomic E-state index is 11.5. The Morgan fingerprint density at radius 3 is 3.00 bits per heavy atom. The fraction of sp³-hybridized carbons (Fsp3) is 0.583. The van der Waals surface area contributed by atoms with E-state index in [4.69, 9.17) is 0 Å². The summed E-state index contributed by atoms with van der Waals surface area (Å²) in [6.45, 7) is 3.34. The molecule has 1 saturated heterocycles. The minimum absolute atomic E-state index is 0.0182. The number of nitrogens with zero attached hydrogens (tertiary/aromatic N) is 2. The van der Waals surface area contributed by atoms with E-state index in [-0.39, 0.29) is 17.1 Å². The van der Waals surface area contributed by atoms with Gasteiger partial charge in [-0.15, -0.1) is 0 Å². The summed E-state index contributed by atoms with van der Waals surface area (Å²) in [7, 11) is 0. The molecule has 1 aromatic heterocycles. The van der Waals surface area contributed by atoms with Crippen LogP contribution in [-0.2, 0) is 4.79 Å². The number of carbonyl (C=O) groups is 1. The molecule has 2 heterocycles. The highest BCUT2D eigenvalue weighted by molar-refractivity contribution is 7.13. The quantitative estimate of drug-likeness (QED) is 0.493. The summed E-state index contributed by atoms with van der Waals surface area (Å²) in [5.74, 6) is -0.0182. The highest BCUT2D eigenvalue weighted by Gasteiger charge is 2.31. The van der Waals surface area contributed by atoms with E-state index in [2.05, 4.69) is 12.2 Å². The van der Waals surface area contributed by atoms with Crippen LogP contribution >= 0.6 is 11.3 Å². The standard InChI is InChI=1S/C12H17N3O3S/c1-2-3-4-5-14-7-10(16)13-12(14)9-6-11(15(17)18)19-8-9/h6,8,12H,2-5,7H2,1H3,(H,13,16). The molecule has 0 saturated carbocycles. The van der Waals surface area contributed by atoms with Gasteiger partial charge in [-0.05, 0) is 6.42 Å². The van der Waals surface area contributed by atoms with Gasteiger partial charge in [0.2, 0.25) is 5.91 Å². The van der Waals surface area contributed by atoms with Crippen molar-refractivity contribution in [2.45, 2.75) is 32.4 Å². The first kappa shape index (κ1) is 14.0. The highest BCUT2D eigenvalue weighted by Crippen LogP contribution is 2.30. The lowest BCUT2D eigenvalue weighted by Crippen LogP contribution is -2.28. The molecule has 0 aliphatic carbocycles. The third-order valence-corrected chi connectivity index (χ3v) is 4.06. The van der Waals surface area contributed by atoms with Gasteiger partial charge in [-0.3, -0.25) is 19.8 Å². The molecule has 1 atom stereocenters. The fourth-order valence-corrected chi connectivity index (χ4v) is 2.95. The van der Waals surface area contributed by atoms with E-state index < -0.39 is 4.92 Å². The fourth-order valence-electron chi connectivity index (χ4n) is 2.21. The zero-order chi connectivity index (χ0) is 13.8. The summed E-state index contributed by atoms with van der Waals surface area (Å²) in [5.41, 5.74) is 0.805. The second-order valence-corrected chi connectivity index (χ2v) is 5.51. The van der Waals surface area contributed by atoms with Crippen molar-refractivity contribution in [3.8, 4) is 0 Å². The Kier molecular flexibility index (Phi) is 4.49. The second kappa shape index (κ2) is 6.12. The summed E-state index contributed by atoms with van der Waals surface area (Å²) in [4.78, 5) is 23.9. The van der Waals surface area contributed by atoms with Gasteiger partial charge in [0.15, 0.2) is 0 Å². The van der Waals surface area contributed by atoms with Crippen molar-refractivity contribution in [2.24, 2.45) is 0 Å². The maximum Gasteiger partial charge on any atom is 0.324 e. The third kappa shape index (κ3) is 3.30. The van der Waals surface area contributed by atoms with E-state index >= 15 is 0 Å². The van der Waals surface area contributed by atoms with Crippen LogP contribution in [0, 0.1) is 10.1 Å². The van der Waals surface area contributed by atoms with E-state index in [0.717, 1.165) is 42.7 Å².